The third kappa shape index (κ3) is 3.57. The summed E-state index contributed by atoms with van der Waals surface area (Å²) in [5.74, 6) is 0. The molecule has 3 aromatic rings. The van der Waals surface area contributed by atoms with Gasteiger partial charge in [0.05, 0.1) is 5.69 Å². The Bertz CT molecular complexity index is 840. The van der Waals surface area contributed by atoms with Gasteiger partial charge in [0, 0.05) is 56.6 Å². The summed E-state index contributed by atoms with van der Waals surface area (Å²) in [7, 11) is 1.77. The first kappa shape index (κ1) is 17.0. The molecule has 1 aromatic heterocycles. The lowest BCUT2D eigenvalue weighted by Gasteiger charge is -2.26. The van der Waals surface area contributed by atoms with Gasteiger partial charge in [0.25, 0.3) is 0 Å². The molecule has 0 saturated heterocycles. The van der Waals surface area contributed by atoms with Crippen LogP contribution in [0.5, 0.6) is 0 Å². The van der Waals surface area contributed by atoms with Crippen LogP contribution in [0.3, 0.4) is 0 Å². The largest absolute Gasteiger partial charge is 0.385 e. The number of nitrogens with zero attached hydrogens (tertiary/aromatic N) is 2. The molecule has 0 atom stereocenters. The van der Waals surface area contributed by atoms with Gasteiger partial charge in [0.2, 0.25) is 0 Å². The van der Waals surface area contributed by atoms with Gasteiger partial charge in [-0.3, -0.25) is 10.00 Å². The molecule has 1 aliphatic rings. The standard InChI is InChI=1S/C22H25N3O/c1-26-15-5-13-25-14-12-21-20(16-25)22(24-23-21)19-10-8-18(9-11-19)17-6-3-2-4-7-17/h2-4,6-11H,5,12-16H2,1H3,(H,23,24). The highest BCUT2D eigenvalue weighted by molar-refractivity contribution is 5.70. The van der Waals surface area contributed by atoms with Gasteiger partial charge in [-0.25, -0.2) is 0 Å². The molecule has 2 heterocycles. The first-order valence-electron chi connectivity index (χ1n) is 9.28. The van der Waals surface area contributed by atoms with Crippen molar-refractivity contribution in [3.05, 3.63) is 65.9 Å². The molecular formula is C22H25N3O. The average Bonchev–Trinajstić information content (AvgIpc) is 3.12. The molecular weight excluding hydrogens is 322 g/mol. The molecule has 0 amide bonds. The number of ether oxygens (including phenoxy) is 1. The lowest BCUT2D eigenvalue weighted by Crippen LogP contribution is -2.31. The lowest BCUT2D eigenvalue weighted by atomic mass is 9.98. The number of rotatable bonds is 6. The van der Waals surface area contributed by atoms with Gasteiger partial charge >= 0.3 is 0 Å². The minimum Gasteiger partial charge on any atom is -0.385 e. The van der Waals surface area contributed by atoms with Crippen LogP contribution < -0.4 is 0 Å². The van der Waals surface area contributed by atoms with Crippen LogP contribution in [0.2, 0.25) is 0 Å². The van der Waals surface area contributed by atoms with Gasteiger partial charge < -0.3 is 4.74 Å². The van der Waals surface area contributed by atoms with Crippen LogP contribution in [0, 0.1) is 0 Å². The molecule has 4 heteroatoms. The van der Waals surface area contributed by atoms with E-state index in [4.69, 9.17) is 4.74 Å². The third-order valence-electron chi connectivity index (χ3n) is 5.10. The maximum absolute atomic E-state index is 5.18. The lowest BCUT2D eigenvalue weighted by molar-refractivity contribution is 0.167. The van der Waals surface area contributed by atoms with Crippen LogP contribution in [0.4, 0.5) is 0 Å². The summed E-state index contributed by atoms with van der Waals surface area (Å²) in [5, 5.41) is 7.88. The summed E-state index contributed by atoms with van der Waals surface area (Å²) in [6.45, 7) is 3.95. The molecule has 0 radical (unpaired) electrons. The minimum atomic E-state index is 0.822. The first-order valence-corrected chi connectivity index (χ1v) is 9.28. The van der Waals surface area contributed by atoms with Gasteiger partial charge in [-0.15, -0.1) is 0 Å². The van der Waals surface area contributed by atoms with E-state index in [-0.39, 0.29) is 0 Å². The zero-order valence-corrected chi connectivity index (χ0v) is 15.2. The SMILES string of the molecule is COCCCN1CCc2[nH]nc(-c3ccc(-c4ccccc4)cc3)c2C1. The van der Waals surface area contributed by atoms with E-state index in [0.29, 0.717) is 0 Å². The van der Waals surface area contributed by atoms with Gasteiger partial charge in [0.1, 0.15) is 0 Å². The Balaban J connectivity index is 1.53. The molecule has 1 N–H and O–H groups in total. The van der Waals surface area contributed by atoms with Crippen LogP contribution in [-0.4, -0.2) is 41.9 Å². The smallest absolute Gasteiger partial charge is 0.0968 e. The molecule has 2 aromatic carbocycles. The van der Waals surface area contributed by atoms with Crippen LogP contribution in [0.15, 0.2) is 54.6 Å². The maximum atomic E-state index is 5.18. The Labute approximate surface area is 154 Å². The van der Waals surface area contributed by atoms with Crippen molar-refractivity contribution in [3.63, 3.8) is 0 Å². The quantitative estimate of drug-likeness (QED) is 0.682. The number of hydrogen-bond donors (Lipinski definition) is 1. The second-order valence-corrected chi connectivity index (χ2v) is 6.85. The summed E-state index contributed by atoms with van der Waals surface area (Å²) in [6, 6.07) is 19.2. The summed E-state index contributed by atoms with van der Waals surface area (Å²) >= 11 is 0. The van der Waals surface area contributed by atoms with Crippen molar-refractivity contribution in [1.82, 2.24) is 15.1 Å². The number of methoxy groups -OCH3 is 1. The van der Waals surface area contributed by atoms with Crippen LogP contribution in [0.25, 0.3) is 22.4 Å². The highest BCUT2D eigenvalue weighted by Crippen LogP contribution is 2.30. The van der Waals surface area contributed by atoms with E-state index in [0.717, 1.165) is 44.8 Å². The van der Waals surface area contributed by atoms with Crippen LogP contribution in [-0.2, 0) is 17.7 Å². The predicted molar refractivity (Wildman–Crippen MR) is 105 cm³/mol. The Morgan fingerprint density at radius 2 is 1.73 bits per heavy atom. The molecule has 0 aliphatic carbocycles. The van der Waals surface area contributed by atoms with E-state index in [1.54, 1.807) is 7.11 Å². The van der Waals surface area contributed by atoms with Gasteiger partial charge in [-0.05, 0) is 17.5 Å². The second kappa shape index (κ2) is 7.85. The monoisotopic (exact) mass is 347 g/mol. The summed E-state index contributed by atoms with van der Waals surface area (Å²) in [4.78, 5) is 2.50. The summed E-state index contributed by atoms with van der Waals surface area (Å²) < 4.78 is 5.18. The molecule has 0 unspecified atom stereocenters. The van der Waals surface area contributed by atoms with Crippen molar-refractivity contribution in [2.24, 2.45) is 0 Å². The normalized spacial score (nSPS) is 14.3. The van der Waals surface area contributed by atoms with Crippen molar-refractivity contribution in [2.75, 3.05) is 26.8 Å². The van der Waals surface area contributed by atoms with Gasteiger partial charge in [0.15, 0.2) is 0 Å². The number of fused-ring (bicyclic) bond motifs is 1. The van der Waals surface area contributed by atoms with Crippen molar-refractivity contribution in [1.29, 1.82) is 0 Å². The van der Waals surface area contributed by atoms with Crippen LogP contribution >= 0.6 is 0 Å². The Hall–Kier alpha value is -2.43. The van der Waals surface area contributed by atoms with E-state index in [9.17, 15) is 0 Å². The Morgan fingerprint density at radius 3 is 2.50 bits per heavy atom. The van der Waals surface area contributed by atoms with E-state index >= 15 is 0 Å². The number of benzene rings is 2. The second-order valence-electron chi connectivity index (χ2n) is 6.85. The fraction of sp³-hybridized carbons (Fsp3) is 0.318. The van der Waals surface area contributed by atoms with Crippen LogP contribution in [0.1, 0.15) is 17.7 Å². The highest BCUT2D eigenvalue weighted by atomic mass is 16.5. The molecule has 4 nitrogen and oxygen atoms in total. The molecule has 4 rings (SSSR count). The van der Waals surface area contributed by atoms with Crippen molar-refractivity contribution in [3.8, 4) is 22.4 Å². The van der Waals surface area contributed by atoms with E-state index in [2.05, 4.69) is 63.6 Å². The van der Waals surface area contributed by atoms with E-state index in [1.165, 1.54) is 27.9 Å². The van der Waals surface area contributed by atoms with Crippen molar-refractivity contribution >= 4 is 0 Å². The molecule has 1 aliphatic heterocycles. The topological polar surface area (TPSA) is 41.1 Å². The number of nitrogens with one attached hydrogen (secondary N) is 1. The van der Waals surface area contributed by atoms with Gasteiger partial charge in [-0.1, -0.05) is 54.6 Å². The molecule has 0 saturated carbocycles. The third-order valence-corrected chi connectivity index (χ3v) is 5.10. The molecule has 0 fully saturated rings. The van der Waals surface area contributed by atoms with Crippen molar-refractivity contribution < 1.29 is 4.74 Å². The zero-order chi connectivity index (χ0) is 17.8. The molecule has 26 heavy (non-hydrogen) atoms. The fourth-order valence-corrected chi connectivity index (χ4v) is 3.66. The highest BCUT2D eigenvalue weighted by Gasteiger charge is 2.22. The number of aromatic nitrogens is 2. The summed E-state index contributed by atoms with van der Waals surface area (Å²) in [6.07, 6.45) is 2.11. The number of aromatic amines is 1. The number of hydrogen-bond acceptors (Lipinski definition) is 3. The van der Waals surface area contributed by atoms with Crippen molar-refractivity contribution in [2.45, 2.75) is 19.4 Å². The molecule has 0 spiro atoms. The van der Waals surface area contributed by atoms with E-state index < -0.39 is 0 Å². The fourth-order valence-electron chi connectivity index (χ4n) is 3.66. The average molecular weight is 347 g/mol. The Morgan fingerprint density at radius 1 is 1.00 bits per heavy atom. The zero-order valence-electron chi connectivity index (χ0n) is 15.2. The minimum absolute atomic E-state index is 0.822. The summed E-state index contributed by atoms with van der Waals surface area (Å²) in [5.41, 5.74) is 7.39. The van der Waals surface area contributed by atoms with Gasteiger partial charge in [-0.2, -0.15) is 5.10 Å². The maximum Gasteiger partial charge on any atom is 0.0968 e. The number of H-pyrrole nitrogens is 1. The molecule has 134 valence electrons. The predicted octanol–water partition coefficient (Wildman–Crippen LogP) is 4.14. The molecule has 0 bridgehead atoms. The van der Waals surface area contributed by atoms with E-state index in [1.807, 2.05) is 6.07 Å². The Kier molecular flexibility index (Phi) is 5.14. The first-order chi connectivity index (χ1) is 12.8.